The van der Waals surface area contributed by atoms with Crippen LogP contribution in [0.15, 0.2) is 35.8 Å². The minimum absolute atomic E-state index is 0.0691. The Morgan fingerprint density at radius 1 is 1.25 bits per heavy atom. The average molecular weight is 399 g/mol. The number of ether oxygens (including phenoxy) is 1. The lowest BCUT2D eigenvalue weighted by Gasteiger charge is -2.15. The summed E-state index contributed by atoms with van der Waals surface area (Å²) in [4.78, 5) is 28.6. The molecule has 8 heteroatoms. The Kier molecular flexibility index (Phi) is 5.51. The number of hydrogen-bond donors (Lipinski definition) is 2. The average Bonchev–Trinajstić information content (AvgIpc) is 3.23. The van der Waals surface area contributed by atoms with Gasteiger partial charge in [-0.2, -0.15) is 0 Å². The number of aromatic carboxylic acids is 1. The lowest BCUT2D eigenvalue weighted by atomic mass is 10.1. The Hall–Kier alpha value is -3.13. The lowest BCUT2D eigenvalue weighted by molar-refractivity contribution is 0.0696. The molecule has 0 atom stereocenters. The van der Waals surface area contributed by atoms with Gasteiger partial charge in [0.1, 0.15) is 5.75 Å². The maximum absolute atomic E-state index is 12.9. The number of hydrogen-bond acceptors (Lipinski definition) is 5. The van der Waals surface area contributed by atoms with E-state index < -0.39 is 5.97 Å². The number of anilines is 1. The summed E-state index contributed by atoms with van der Waals surface area (Å²) < 4.78 is 7.63. The number of aryl methyl sites for hydroxylation is 1. The van der Waals surface area contributed by atoms with Crippen molar-refractivity contribution in [3.05, 3.63) is 58.4 Å². The molecule has 0 spiro atoms. The Labute approximate surface area is 166 Å². The van der Waals surface area contributed by atoms with Crippen molar-refractivity contribution in [3.63, 3.8) is 0 Å². The van der Waals surface area contributed by atoms with E-state index in [2.05, 4.69) is 10.3 Å². The van der Waals surface area contributed by atoms with Gasteiger partial charge in [0.15, 0.2) is 5.13 Å². The Balaban J connectivity index is 1.96. The maximum Gasteiger partial charge on any atom is 0.335 e. The summed E-state index contributed by atoms with van der Waals surface area (Å²) in [7, 11) is 0. The summed E-state index contributed by atoms with van der Waals surface area (Å²) in [5.74, 6) is -0.998. The van der Waals surface area contributed by atoms with E-state index >= 15 is 0 Å². The molecule has 7 nitrogen and oxygen atoms in total. The monoisotopic (exact) mass is 399 g/mol. The molecular formula is C20H21N3O4S. The van der Waals surface area contributed by atoms with Crippen LogP contribution in [-0.2, 0) is 0 Å². The zero-order chi connectivity index (χ0) is 20.4. The largest absolute Gasteiger partial charge is 0.489 e. The summed E-state index contributed by atoms with van der Waals surface area (Å²) in [6.07, 6.45) is 1.59. The first kappa shape index (κ1) is 19.6. The van der Waals surface area contributed by atoms with Gasteiger partial charge in [0.25, 0.3) is 5.91 Å². The molecule has 0 bridgehead atoms. The van der Waals surface area contributed by atoms with Gasteiger partial charge in [-0.1, -0.05) is 0 Å². The molecule has 0 radical (unpaired) electrons. The molecular weight excluding hydrogens is 378 g/mol. The second kappa shape index (κ2) is 7.85. The summed E-state index contributed by atoms with van der Waals surface area (Å²) in [5, 5.41) is 14.7. The van der Waals surface area contributed by atoms with E-state index in [1.807, 2.05) is 37.6 Å². The van der Waals surface area contributed by atoms with E-state index in [9.17, 15) is 14.7 Å². The Morgan fingerprint density at radius 2 is 2.00 bits per heavy atom. The fraction of sp³-hybridized carbons (Fsp3) is 0.250. The van der Waals surface area contributed by atoms with Crippen LogP contribution < -0.4 is 10.1 Å². The van der Waals surface area contributed by atoms with Gasteiger partial charge in [-0.25, -0.2) is 9.78 Å². The predicted octanol–water partition coefficient (Wildman–Crippen LogP) is 4.29. The first-order chi connectivity index (χ1) is 13.3. The first-order valence-corrected chi connectivity index (χ1v) is 9.60. The molecule has 0 saturated heterocycles. The van der Waals surface area contributed by atoms with Crippen molar-refractivity contribution in [1.29, 1.82) is 0 Å². The van der Waals surface area contributed by atoms with Gasteiger partial charge in [-0.05, 0) is 52.0 Å². The normalized spacial score (nSPS) is 10.9. The Bertz CT molecular complexity index is 1020. The van der Waals surface area contributed by atoms with E-state index in [0.29, 0.717) is 17.0 Å². The molecule has 0 unspecified atom stereocenters. The third-order valence-corrected chi connectivity index (χ3v) is 4.88. The van der Waals surface area contributed by atoms with Crippen LogP contribution in [0, 0.1) is 13.8 Å². The van der Waals surface area contributed by atoms with Gasteiger partial charge in [0.05, 0.1) is 22.9 Å². The smallest absolute Gasteiger partial charge is 0.335 e. The van der Waals surface area contributed by atoms with Gasteiger partial charge >= 0.3 is 5.97 Å². The van der Waals surface area contributed by atoms with E-state index in [-0.39, 0.29) is 17.6 Å². The second-order valence-electron chi connectivity index (χ2n) is 6.57. The molecule has 2 N–H and O–H groups in total. The fourth-order valence-electron chi connectivity index (χ4n) is 2.92. The molecule has 0 saturated carbocycles. The number of benzene rings is 1. The van der Waals surface area contributed by atoms with E-state index in [1.165, 1.54) is 23.5 Å². The molecule has 2 aromatic heterocycles. The van der Waals surface area contributed by atoms with Gasteiger partial charge in [0.2, 0.25) is 0 Å². The zero-order valence-corrected chi connectivity index (χ0v) is 16.8. The SMILES string of the molecule is Cc1cc(C(=O)Nc2cc(C(=O)O)ccc2OC(C)C)c(C)n1-c1nccs1. The number of amides is 1. The number of carboxylic acids is 1. The number of carbonyl (C=O) groups excluding carboxylic acids is 1. The standard InChI is InChI=1S/C20H21N3O4S/c1-11(2)27-17-6-5-14(19(25)26)10-16(17)22-18(24)15-9-12(3)23(13(15)4)20-21-7-8-28-20/h5-11H,1-4H3,(H,22,24)(H,25,26). The number of nitrogens with one attached hydrogen (secondary N) is 1. The highest BCUT2D eigenvalue weighted by atomic mass is 32.1. The molecule has 0 aliphatic rings. The molecule has 1 aromatic carbocycles. The molecule has 3 rings (SSSR count). The van der Waals surface area contributed by atoms with Crippen LogP contribution >= 0.6 is 11.3 Å². The van der Waals surface area contributed by atoms with Gasteiger partial charge in [-0.3, -0.25) is 9.36 Å². The Morgan fingerprint density at radius 3 is 2.61 bits per heavy atom. The molecule has 2 heterocycles. The van der Waals surface area contributed by atoms with Crippen molar-refractivity contribution in [2.45, 2.75) is 33.8 Å². The van der Waals surface area contributed by atoms with Crippen molar-refractivity contribution < 1.29 is 19.4 Å². The zero-order valence-electron chi connectivity index (χ0n) is 16.0. The summed E-state index contributed by atoms with van der Waals surface area (Å²) in [6, 6.07) is 6.19. The van der Waals surface area contributed by atoms with Crippen LogP contribution in [-0.4, -0.2) is 32.6 Å². The van der Waals surface area contributed by atoms with Crippen LogP contribution in [0.5, 0.6) is 5.75 Å². The third kappa shape index (κ3) is 3.91. The number of aromatic nitrogens is 2. The molecule has 28 heavy (non-hydrogen) atoms. The van der Waals surface area contributed by atoms with E-state index in [0.717, 1.165) is 16.5 Å². The molecule has 146 valence electrons. The molecule has 1 amide bonds. The second-order valence-corrected chi connectivity index (χ2v) is 7.44. The van der Waals surface area contributed by atoms with Gasteiger partial charge in [-0.15, -0.1) is 11.3 Å². The van der Waals surface area contributed by atoms with Crippen molar-refractivity contribution >= 4 is 28.9 Å². The van der Waals surface area contributed by atoms with Crippen molar-refractivity contribution in [1.82, 2.24) is 9.55 Å². The maximum atomic E-state index is 12.9. The van der Waals surface area contributed by atoms with Crippen LogP contribution in [0.3, 0.4) is 0 Å². The topological polar surface area (TPSA) is 93.5 Å². The van der Waals surface area contributed by atoms with Crippen LogP contribution in [0.25, 0.3) is 5.13 Å². The number of carbonyl (C=O) groups is 2. The number of rotatable bonds is 6. The van der Waals surface area contributed by atoms with Crippen LogP contribution in [0.4, 0.5) is 5.69 Å². The summed E-state index contributed by atoms with van der Waals surface area (Å²) >= 11 is 1.48. The quantitative estimate of drug-likeness (QED) is 0.645. The molecule has 0 aliphatic heterocycles. The fourth-order valence-corrected chi connectivity index (χ4v) is 3.67. The summed E-state index contributed by atoms with van der Waals surface area (Å²) in [5.41, 5.74) is 2.52. The van der Waals surface area contributed by atoms with Crippen molar-refractivity contribution in [3.8, 4) is 10.9 Å². The van der Waals surface area contributed by atoms with Crippen LogP contribution in [0.1, 0.15) is 46.0 Å². The van der Waals surface area contributed by atoms with Gasteiger partial charge in [0, 0.05) is 23.0 Å². The van der Waals surface area contributed by atoms with Crippen LogP contribution in [0.2, 0.25) is 0 Å². The minimum atomic E-state index is -1.08. The highest BCUT2D eigenvalue weighted by Gasteiger charge is 2.20. The third-order valence-electron chi connectivity index (χ3n) is 4.12. The number of nitrogens with zero attached hydrogens (tertiary/aromatic N) is 2. The minimum Gasteiger partial charge on any atom is -0.489 e. The highest BCUT2D eigenvalue weighted by Crippen LogP contribution is 2.29. The van der Waals surface area contributed by atoms with Crippen molar-refractivity contribution in [2.24, 2.45) is 0 Å². The molecule has 3 aromatic rings. The predicted molar refractivity (Wildman–Crippen MR) is 108 cm³/mol. The first-order valence-electron chi connectivity index (χ1n) is 8.72. The lowest BCUT2D eigenvalue weighted by Crippen LogP contribution is -2.16. The van der Waals surface area contributed by atoms with E-state index in [4.69, 9.17) is 4.74 Å². The van der Waals surface area contributed by atoms with Crippen molar-refractivity contribution in [2.75, 3.05) is 5.32 Å². The molecule has 0 fully saturated rings. The molecule has 0 aliphatic carbocycles. The number of thiazole rings is 1. The van der Waals surface area contributed by atoms with Gasteiger partial charge < -0.3 is 15.2 Å². The van der Waals surface area contributed by atoms with E-state index in [1.54, 1.807) is 18.3 Å². The highest BCUT2D eigenvalue weighted by molar-refractivity contribution is 7.12. The number of carboxylic acid groups (broad SMARTS) is 1. The summed E-state index contributed by atoms with van der Waals surface area (Å²) in [6.45, 7) is 7.47.